The van der Waals surface area contributed by atoms with E-state index in [1.807, 2.05) is 0 Å². The highest BCUT2D eigenvalue weighted by Gasteiger charge is 2.46. The van der Waals surface area contributed by atoms with Gasteiger partial charge in [-0.25, -0.2) is 9.18 Å². The van der Waals surface area contributed by atoms with Crippen LogP contribution in [0.2, 0.25) is 5.02 Å². The molecule has 8 heteroatoms. The highest BCUT2D eigenvalue weighted by atomic mass is 35.5. The van der Waals surface area contributed by atoms with Gasteiger partial charge in [0.05, 0.1) is 6.54 Å². The van der Waals surface area contributed by atoms with Crippen molar-refractivity contribution in [2.45, 2.75) is 24.9 Å². The molecule has 1 saturated heterocycles. The number of alkyl halides is 1. The van der Waals surface area contributed by atoms with Gasteiger partial charge in [0.25, 0.3) is 5.91 Å². The summed E-state index contributed by atoms with van der Waals surface area (Å²) in [5.41, 5.74) is -1.88. The molecule has 2 amide bonds. The Morgan fingerprint density at radius 1 is 1.29 bits per heavy atom. The zero-order valence-electron chi connectivity index (χ0n) is 12.9. The highest BCUT2D eigenvalue weighted by molar-refractivity contribution is 6.30. The molecule has 1 heterocycles. The second-order valence-electron chi connectivity index (χ2n) is 5.70. The summed E-state index contributed by atoms with van der Waals surface area (Å²) in [5, 5.41) is 12.0. The van der Waals surface area contributed by atoms with Crippen LogP contribution in [-0.4, -0.2) is 53.1 Å². The van der Waals surface area contributed by atoms with E-state index in [0.29, 0.717) is 23.6 Å². The van der Waals surface area contributed by atoms with Gasteiger partial charge in [0.15, 0.2) is 0 Å². The van der Waals surface area contributed by atoms with Crippen molar-refractivity contribution in [1.82, 2.24) is 10.2 Å². The van der Waals surface area contributed by atoms with E-state index in [2.05, 4.69) is 5.32 Å². The molecule has 1 fully saturated rings. The molecule has 6 nitrogen and oxygen atoms in total. The summed E-state index contributed by atoms with van der Waals surface area (Å²) in [4.78, 5) is 35.8. The van der Waals surface area contributed by atoms with E-state index >= 15 is 0 Å². The second-order valence-corrected chi connectivity index (χ2v) is 6.14. The van der Waals surface area contributed by atoms with Crippen LogP contribution in [0.3, 0.4) is 0 Å². The molecule has 24 heavy (non-hydrogen) atoms. The lowest BCUT2D eigenvalue weighted by Gasteiger charge is -2.17. The number of benzene rings is 1. The number of rotatable bonds is 6. The van der Waals surface area contributed by atoms with Gasteiger partial charge in [0.1, 0.15) is 0 Å². The number of carboxylic acids is 1. The third-order valence-corrected chi connectivity index (χ3v) is 4.17. The van der Waals surface area contributed by atoms with E-state index in [1.54, 1.807) is 24.3 Å². The van der Waals surface area contributed by atoms with Crippen molar-refractivity contribution in [1.29, 1.82) is 0 Å². The molecule has 0 aromatic heterocycles. The van der Waals surface area contributed by atoms with Crippen molar-refractivity contribution in [3.8, 4) is 0 Å². The van der Waals surface area contributed by atoms with Crippen molar-refractivity contribution in [3.05, 3.63) is 34.9 Å². The molecule has 1 aromatic rings. The molecule has 1 aromatic carbocycles. The Kier molecular flexibility index (Phi) is 5.77. The van der Waals surface area contributed by atoms with Gasteiger partial charge in [-0.3, -0.25) is 9.59 Å². The Hall–Kier alpha value is -2.15. The van der Waals surface area contributed by atoms with Crippen LogP contribution in [0.25, 0.3) is 0 Å². The lowest BCUT2D eigenvalue weighted by molar-refractivity contribution is -0.150. The maximum Gasteiger partial charge on any atom is 0.343 e. The number of carbonyl (C=O) groups excluding carboxylic acids is 2. The predicted molar refractivity (Wildman–Crippen MR) is 85.7 cm³/mol. The molecule has 1 aliphatic rings. The predicted octanol–water partition coefficient (Wildman–Crippen LogP) is 1.88. The number of halogens is 2. The lowest BCUT2D eigenvalue weighted by Crippen LogP contribution is -2.39. The van der Waals surface area contributed by atoms with Gasteiger partial charge in [-0.15, -0.1) is 0 Å². The number of nitrogens with zero attached hydrogens (tertiary/aromatic N) is 1. The summed E-state index contributed by atoms with van der Waals surface area (Å²) < 4.78 is 13.9. The van der Waals surface area contributed by atoms with Gasteiger partial charge in [-0.05, 0) is 30.7 Å². The summed E-state index contributed by atoms with van der Waals surface area (Å²) >= 11 is 5.74. The van der Waals surface area contributed by atoms with Crippen molar-refractivity contribution in [2.75, 3.05) is 19.6 Å². The van der Waals surface area contributed by atoms with Gasteiger partial charge >= 0.3 is 5.97 Å². The fourth-order valence-corrected chi connectivity index (χ4v) is 2.59. The second kappa shape index (κ2) is 7.61. The van der Waals surface area contributed by atoms with Crippen LogP contribution < -0.4 is 5.32 Å². The molecule has 0 bridgehead atoms. The standard InChI is InChI=1S/C16H18ClFN2O4/c17-12-5-3-11(4-6-12)14(22)19-8-1-2-13(21)20-9-7-16(18,10-20)15(23)24/h3-6H,1-2,7-10H2,(H,19,22)(H,23,24). The van der Waals surface area contributed by atoms with Crippen LogP contribution >= 0.6 is 11.6 Å². The molecule has 0 radical (unpaired) electrons. The van der Waals surface area contributed by atoms with E-state index in [9.17, 15) is 18.8 Å². The summed E-state index contributed by atoms with van der Waals surface area (Å²) in [7, 11) is 0. The molecular weight excluding hydrogens is 339 g/mol. The topological polar surface area (TPSA) is 86.7 Å². The molecule has 2 N–H and O–H groups in total. The van der Waals surface area contributed by atoms with Crippen LogP contribution in [0.4, 0.5) is 4.39 Å². The number of hydrogen-bond donors (Lipinski definition) is 2. The first kappa shape index (κ1) is 18.2. The summed E-state index contributed by atoms with van der Waals surface area (Å²) in [6.45, 7) is -0.0300. The minimum Gasteiger partial charge on any atom is -0.479 e. The Balaban J connectivity index is 1.71. The Labute approximate surface area is 143 Å². The minimum atomic E-state index is -2.35. The normalized spacial score (nSPS) is 20.0. The van der Waals surface area contributed by atoms with Crippen molar-refractivity contribution >= 4 is 29.4 Å². The Morgan fingerprint density at radius 3 is 2.54 bits per heavy atom. The Bertz CT molecular complexity index is 637. The van der Waals surface area contributed by atoms with Crippen LogP contribution in [0.5, 0.6) is 0 Å². The van der Waals surface area contributed by atoms with E-state index in [-0.39, 0.29) is 31.2 Å². The highest BCUT2D eigenvalue weighted by Crippen LogP contribution is 2.26. The van der Waals surface area contributed by atoms with Crippen molar-refractivity contribution in [2.24, 2.45) is 0 Å². The minimum absolute atomic E-state index is 0.0960. The number of likely N-dealkylation sites (tertiary alicyclic amines) is 1. The van der Waals surface area contributed by atoms with Gasteiger partial charge < -0.3 is 15.3 Å². The quantitative estimate of drug-likeness (QED) is 0.762. The molecule has 2 rings (SSSR count). The van der Waals surface area contributed by atoms with Gasteiger partial charge in [0.2, 0.25) is 11.6 Å². The smallest absolute Gasteiger partial charge is 0.343 e. The van der Waals surface area contributed by atoms with Crippen molar-refractivity contribution < 1.29 is 23.9 Å². The zero-order valence-corrected chi connectivity index (χ0v) is 13.7. The maximum absolute atomic E-state index is 13.9. The first-order valence-electron chi connectivity index (χ1n) is 7.56. The van der Waals surface area contributed by atoms with Gasteiger partial charge in [-0.1, -0.05) is 11.6 Å². The monoisotopic (exact) mass is 356 g/mol. The van der Waals surface area contributed by atoms with Gasteiger partial charge in [0, 0.05) is 36.5 Å². The molecule has 130 valence electrons. The molecule has 0 spiro atoms. The average molecular weight is 357 g/mol. The van der Waals surface area contributed by atoms with Gasteiger partial charge in [-0.2, -0.15) is 0 Å². The third kappa shape index (κ3) is 4.44. The number of hydrogen-bond acceptors (Lipinski definition) is 3. The SMILES string of the molecule is O=C(NCCCC(=O)N1CCC(F)(C(=O)O)C1)c1ccc(Cl)cc1. The zero-order chi connectivity index (χ0) is 17.7. The van der Waals surface area contributed by atoms with Crippen LogP contribution in [0, 0.1) is 0 Å². The fourth-order valence-electron chi connectivity index (χ4n) is 2.46. The first-order valence-corrected chi connectivity index (χ1v) is 7.93. The van der Waals surface area contributed by atoms with Crippen LogP contribution in [-0.2, 0) is 9.59 Å². The molecule has 0 saturated carbocycles. The van der Waals surface area contributed by atoms with E-state index < -0.39 is 18.2 Å². The third-order valence-electron chi connectivity index (χ3n) is 3.91. The number of carbonyl (C=O) groups is 3. The maximum atomic E-state index is 13.9. The lowest BCUT2D eigenvalue weighted by atomic mass is 10.1. The van der Waals surface area contributed by atoms with Crippen LogP contribution in [0.1, 0.15) is 29.6 Å². The number of amides is 2. The first-order chi connectivity index (χ1) is 11.3. The molecule has 1 unspecified atom stereocenters. The summed E-state index contributed by atoms with van der Waals surface area (Å²) in [6, 6.07) is 6.41. The average Bonchev–Trinajstić information content (AvgIpc) is 2.96. The fraction of sp³-hybridized carbons (Fsp3) is 0.438. The largest absolute Gasteiger partial charge is 0.479 e. The van der Waals surface area contributed by atoms with E-state index in [0.717, 1.165) is 0 Å². The molecule has 0 aliphatic carbocycles. The van der Waals surface area contributed by atoms with E-state index in [1.165, 1.54) is 4.90 Å². The Morgan fingerprint density at radius 2 is 1.96 bits per heavy atom. The molecule has 1 aliphatic heterocycles. The van der Waals surface area contributed by atoms with Crippen LogP contribution in [0.15, 0.2) is 24.3 Å². The van der Waals surface area contributed by atoms with E-state index in [4.69, 9.17) is 16.7 Å². The molecular formula is C16H18ClFN2O4. The summed E-state index contributed by atoms with van der Waals surface area (Å²) in [5.74, 6) is -2.11. The van der Waals surface area contributed by atoms with Crippen molar-refractivity contribution in [3.63, 3.8) is 0 Å². The number of carboxylic acid groups (broad SMARTS) is 1. The summed E-state index contributed by atoms with van der Waals surface area (Å²) in [6.07, 6.45) is 0.318. The molecule has 1 atom stereocenters. The number of aliphatic carboxylic acids is 1. The number of nitrogens with one attached hydrogen (secondary N) is 1.